The van der Waals surface area contributed by atoms with Gasteiger partial charge in [0.25, 0.3) is 5.91 Å². The van der Waals surface area contributed by atoms with Crippen molar-refractivity contribution in [1.29, 1.82) is 0 Å². The van der Waals surface area contributed by atoms with Gasteiger partial charge in [0.15, 0.2) is 5.82 Å². The van der Waals surface area contributed by atoms with E-state index in [0.29, 0.717) is 17.1 Å². The van der Waals surface area contributed by atoms with Crippen LogP contribution in [-0.4, -0.2) is 15.9 Å². The summed E-state index contributed by atoms with van der Waals surface area (Å²) in [4.78, 5) is 15.9. The number of carbonyl (C=O) groups excluding carboxylic acids is 1. The molecule has 2 aromatic rings. The van der Waals surface area contributed by atoms with Gasteiger partial charge in [-0.1, -0.05) is 24.4 Å². The molecule has 0 bridgehead atoms. The minimum Gasteiger partial charge on any atom is -0.393 e. The van der Waals surface area contributed by atoms with E-state index in [4.69, 9.17) is 18.0 Å². The number of rotatable bonds is 4. The van der Waals surface area contributed by atoms with Crippen LogP contribution in [0.1, 0.15) is 15.9 Å². The zero-order valence-corrected chi connectivity index (χ0v) is 11.3. The van der Waals surface area contributed by atoms with E-state index in [1.807, 2.05) is 0 Å². The van der Waals surface area contributed by atoms with Gasteiger partial charge in [-0.05, 0) is 23.8 Å². The summed E-state index contributed by atoms with van der Waals surface area (Å²) in [7, 11) is 0. The van der Waals surface area contributed by atoms with E-state index in [0.717, 1.165) is 11.8 Å². The first-order chi connectivity index (χ1) is 9.56. The fraction of sp³-hybridized carbons (Fsp3) is 0.0714. The number of nitrogens with zero attached hydrogens (tertiary/aromatic N) is 1. The Balaban J connectivity index is 2.09. The number of hydrogen-bond donors (Lipinski definition) is 2. The summed E-state index contributed by atoms with van der Waals surface area (Å²) in [5, 5.41) is 2.61. The summed E-state index contributed by atoms with van der Waals surface area (Å²) in [6.07, 6.45) is 2.87. The Bertz CT molecular complexity index is 643. The molecule has 0 aliphatic heterocycles. The molecule has 0 saturated carbocycles. The number of nitrogens with one attached hydrogen (secondary N) is 1. The van der Waals surface area contributed by atoms with Crippen molar-refractivity contribution in [3.05, 3.63) is 59.7 Å². The average Bonchev–Trinajstić information content (AvgIpc) is 2.41. The van der Waals surface area contributed by atoms with Crippen molar-refractivity contribution in [3.8, 4) is 0 Å². The van der Waals surface area contributed by atoms with Gasteiger partial charge >= 0.3 is 0 Å². The lowest BCUT2D eigenvalue weighted by atomic mass is 10.1. The van der Waals surface area contributed by atoms with Crippen LogP contribution in [0.25, 0.3) is 0 Å². The van der Waals surface area contributed by atoms with E-state index in [9.17, 15) is 9.18 Å². The molecular formula is C14H12FN3OS. The molecule has 0 fully saturated rings. The van der Waals surface area contributed by atoms with Crippen LogP contribution < -0.4 is 11.1 Å². The van der Waals surface area contributed by atoms with Gasteiger partial charge in [0, 0.05) is 18.3 Å². The van der Waals surface area contributed by atoms with E-state index in [1.54, 1.807) is 24.3 Å². The monoisotopic (exact) mass is 289 g/mol. The fourth-order valence-corrected chi connectivity index (χ4v) is 1.83. The molecule has 0 spiro atoms. The molecule has 0 unspecified atom stereocenters. The highest BCUT2D eigenvalue weighted by Crippen LogP contribution is 2.13. The maximum atomic E-state index is 13.4. The molecule has 0 saturated heterocycles. The first-order valence-corrected chi connectivity index (χ1v) is 6.25. The number of thiocarbonyl (C=S) groups is 1. The van der Waals surface area contributed by atoms with E-state index in [-0.39, 0.29) is 5.56 Å². The fourth-order valence-electron chi connectivity index (χ4n) is 1.66. The number of anilines is 1. The molecule has 0 aliphatic rings. The minimum atomic E-state index is -0.657. The number of nitrogens with two attached hydrogens (primary N) is 1. The molecule has 0 radical (unpaired) electrons. The Morgan fingerprint density at radius 3 is 2.60 bits per heavy atom. The summed E-state index contributed by atoms with van der Waals surface area (Å²) < 4.78 is 13.4. The average molecular weight is 289 g/mol. The summed E-state index contributed by atoms with van der Waals surface area (Å²) >= 11 is 4.82. The molecule has 1 heterocycles. The van der Waals surface area contributed by atoms with E-state index in [2.05, 4.69) is 10.3 Å². The van der Waals surface area contributed by atoms with Gasteiger partial charge in [-0.15, -0.1) is 0 Å². The molecule has 0 aliphatic carbocycles. The Labute approximate surface area is 120 Å². The van der Waals surface area contributed by atoms with Crippen LogP contribution in [0.5, 0.6) is 0 Å². The quantitative estimate of drug-likeness (QED) is 0.848. The third-order valence-corrected chi connectivity index (χ3v) is 2.75. The second kappa shape index (κ2) is 6.21. The highest BCUT2D eigenvalue weighted by Gasteiger charge is 2.11. The van der Waals surface area contributed by atoms with Gasteiger partial charge in [0.05, 0.1) is 16.7 Å². The standard InChI is InChI=1S/C14H12FN3OS/c15-12-8-17-6-5-11(12)14(19)18-10-3-1-9(2-4-10)7-13(16)20/h1-6,8H,7H2,(H2,16,20)(H,18,19). The second-order valence-corrected chi connectivity index (χ2v) is 4.67. The maximum Gasteiger partial charge on any atom is 0.258 e. The molecule has 3 N–H and O–H groups in total. The van der Waals surface area contributed by atoms with Crippen molar-refractivity contribution in [1.82, 2.24) is 4.98 Å². The van der Waals surface area contributed by atoms with Gasteiger partial charge < -0.3 is 11.1 Å². The van der Waals surface area contributed by atoms with E-state index in [1.165, 1.54) is 12.3 Å². The molecule has 102 valence electrons. The summed E-state index contributed by atoms with van der Waals surface area (Å²) in [5.74, 6) is -1.18. The van der Waals surface area contributed by atoms with Crippen molar-refractivity contribution in [2.75, 3.05) is 5.32 Å². The van der Waals surface area contributed by atoms with E-state index < -0.39 is 11.7 Å². The number of amides is 1. The zero-order chi connectivity index (χ0) is 14.5. The first-order valence-electron chi connectivity index (χ1n) is 5.84. The number of halogens is 1. The summed E-state index contributed by atoms with van der Waals surface area (Å²) in [6.45, 7) is 0. The number of aromatic nitrogens is 1. The Hall–Kier alpha value is -2.34. The van der Waals surface area contributed by atoms with Crippen molar-refractivity contribution in [2.45, 2.75) is 6.42 Å². The molecule has 1 aromatic heterocycles. The highest BCUT2D eigenvalue weighted by atomic mass is 32.1. The molecule has 0 atom stereocenters. The minimum absolute atomic E-state index is 0.0489. The second-order valence-electron chi connectivity index (χ2n) is 4.15. The Kier molecular flexibility index (Phi) is 4.37. The molecule has 2 rings (SSSR count). The number of benzene rings is 1. The lowest BCUT2D eigenvalue weighted by Crippen LogP contribution is -2.14. The largest absolute Gasteiger partial charge is 0.393 e. The molecular weight excluding hydrogens is 277 g/mol. The topological polar surface area (TPSA) is 68.0 Å². The smallest absolute Gasteiger partial charge is 0.258 e. The number of hydrogen-bond acceptors (Lipinski definition) is 3. The summed E-state index contributed by atoms with van der Waals surface area (Å²) in [6, 6.07) is 8.36. The summed E-state index contributed by atoms with van der Waals surface area (Å²) in [5.41, 5.74) is 6.92. The van der Waals surface area contributed by atoms with Gasteiger partial charge in [-0.3, -0.25) is 9.78 Å². The van der Waals surface area contributed by atoms with Crippen LogP contribution in [0.2, 0.25) is 0 Å². The predicted molar refractivity (Wildman–Crippen MR) is 79.1 cm³/mol. The van der Waals surface area contributed by atoms with Crippen LogP contribution >= 0.6 is 12.2 Å². The SMILES string of the molecule is NC(=S)Cc1ccc(NC(=O)c2ccncc2F)cc1. The lowest BCUT2D eigenvalue weighted by Gasteiger charge is -2.07. The maximum absolute atomic E-state index is 13.4. The molecule has 1 amide bonds. The molecule has 4 nitrogen and oxygen atoms in total. The van der Waals surface area contributed by atoms with Crippen molar-refractivity contribution in [2.24, 2.45) is 5.73 Å². The van der Waals surface area contributed by atoms with Crippen LogP contribution in [0.4, 0.5) is 10.1 Å². The van der Waals surface area contributed by atoms with Gasteiger partial charge in [0.1, 0.15) is 0 Å². The van der Waals surface area contributed by atoms with Gasteiger partial charge in [-0.25, -0.2) is 4.39 Å². The number of pyridine rings is 1. The zero-order valence-electron chi connectivity index (χ0n) is 10.5. The third-order valence-electron chi connectivity index (χ3n) is 2.61. The Morgan fingerprint density at radius 1 is 1.30 bits per heavy atom. The van der Waals surface area contributed by atoms with Crippen molar-refractivity contribution in [3.63, 3.8) is 0 Å². The van der Waals surface area contributed by atoms with E-state index >= 15 is 0 Å². The molecule has 6 heteroatoms. The normalized spacial score (nSPS) is 10.1. The molecule has 1 aromatic carbocycles. The van der Waals surface area contributed by atoms with Crippen molar-refractivity contribution < 1.29 is 9.18 Å². The Morgan fingerprint density at radius 2 is 2.00 bits per heavy atom. The van der Waals surface area contributed by atoms with Gasteiger partial charge in [0.2, 0.25) is 0 Å². The number of carbonyl (C=O) groups is 1. The van der Waals surface area contributed by atoms with Crippen LogP contribution in [-0.2, 0) is 6.42 Å². The molecule has 20 heavy (non-hydrogen) atoms. The highest BCUT2D eigenvalue weighted by molar-refractivity contribution is 7.80. The van der Waals surface area contributed by atoms with Crippen molar-refractivity contribution >= 4 is 28.8 Å². The predicted octanol–water partition coefficient (Wildman–Crippen LogP) is 2.30. The van der Waals surface area contributed by atoms with Crippen LogP contribution in [0.3, 0.4) is 0 Å². The first kappa shape index (κ1) is 14.1. The third kappa shape index (κ3) is 3.58. The van der Waals surface area contributed by atoms with Gasteiger partial charge in [-0.2, -0.15) is 0 Å². The van der Waals surface area contributed by atoms with Crippen LogP contribution in [0, 0.1) is 5.82 Å². The lowest BCUT2D eigenvalue weighted by molar-refractivity contribution is 0.102. The van der Waals surface area contributed by atoms with Crippen LogP contribution in [0.15, 0.2) is 42.7 Å².